The first kappa shape index (κ1) is 11.5. The Balaban J connectivity index is 3.03. The Kier molecular flexibility index (Phi) is 4.38. The van der Waals surface area contributed by atoms with Gasteiger partial charge in [-0.3, -0.25) is 0 Å². The van der Waals surface area contributed by atoms with Crippen molar-refractivity contribution in [3.05, 3.63) is 28.2 Å². The number of aliphatic hydroxyl groups excluding tert-OH is 1. The number of ether oxygens (including phenoxy) is 1. The van der Waals surface area contributed by atoms with E-state index in [1.165, 1.54) is 0 Å². The van der Waals surface area contributed by atoms with Crippen LogP contribution < -0.4 is 10.5 Å². The normalized spacial score (nSPS) is 12.6. The maximum absolute atomic E-state index is 9.82. The van der Waals surface area contributed by atoms with E-state index in [-0.39, 0.29) is 0 Å². The number of hydrogen-bond acceptors (Lipinski definition) is 3. The van der Waals surface area contributed by atoms with Crippen molar-refractivity contribution >= 4 is 15.9 Å². The lowest BCUT2D eigenvalue weighted by Crippen LogP contribution is -2.08. The third-order valence-corrected chi connectivity index (χ3v) is 2.70. The van der Waals surface area contributed by atoms with Gasteiger partial charge in [-0.15, -0.1) is 0 Å². The van der Waals surface area contributed by atoms with Crippen LogP contribution in [0, 0.1) is 0 Å². The number of nitrogens with two attached hydrogens (primary N) is 1. The summed E-state index contributed by atoms with van der Waals surface area (Å²) in [6.07, 6.45) is -0.0515. The SMILES string of the molecule is COc1cccc(Br)c1C(O)CCN. The molecule has 0 fully saturated rings. The van der Waals surface area contributed by atoms with Crippen molar-refractivity contribution in [3.8, 4) is 5.75 Å². The molecule has 0 heterocycles. The van der Waals surface area contributed by atoms with Crippen molar-refractivity contribution in [2.24, 2.45) is 5.73 Å². The monoisotopic (exact) mass is 259 g/mol. The predicted molar refractivity (Wildman–Crippen MR) is 59.3 cm³/mol. The van der Waals surface area contributed by atoms with Crippen LogP contribution in [0.3, 0.4) is 0 Å². The molecule has 14 heavy (non-hydrogen) atoms. The zero-order chi connectivity index (χ0) is 10.6. The summed E-state index contributed by atoms with van der Waals surface area (Å²) in [4.78, 5) is 0. The zero-order valence-corrected chi connectivity index (χ0v) is 9.62. The Labute approximate surface area is 92.0 Å². The molecule has 0 aromatic heterocycles. The molecule has 1 aromatic carbocycles. The number of methoxy groups -OCH3 is 1. The van der Waals surface area contributed by atoms with E-state index in [1.54, 1.807) is 7.11 Å². The van der Waals surface area contributed by atoms with Crippen molar-refractivity contribution in [3.63, 3.8) is 0 Å². The molecule has 0 aliphatic heterocycles. The summed E-state index contributed by atoms with van der Waals surface area (Å²) < 4.78 is 6.01. The van der Waals surface area contributed by atoms with Crippen molar-refractivity contribution in [2.45, 2.75) is 12.5 Å². The predicted octanol–water partition coefficient (Wildman–Crippen LogP) is 1.84. The smallest absolute Gasteiger partial charge is 0.125 e. The van der Waals surface area contributed by atoms with Gasteiger partial charge in [-0.2, -0.15) is 0 Å². The van der Waals surface area contributed by atoms with E-state index in [0.717, 1.165) is 10.0 Å². The minimum Gasteiger partial charge on any atom is -0.496 e. The van der Waals surface area contributed by atoms with E-state index in [4.69, 9.17) is 10.5 Å². The molecule has 3 nitrogen and oxygen atoms in total. The van der Waals surface area contributed by atoms with E-state index in [0.29, 0.717) is 18.7 Å². The highest BCUT2D eigenvalue weighted by molar-refractivity contribution is 9.10. The van der Waals surface area contributed by atoms with Gasteiger partial charge in [0.05, 0.1) is 13.2 Å². The van der Waals surface area contributed by atoms with Gasteiger partial charge in [0.1, 0.15) is 5.75 Å². The topological polar surface area (TPSA) is 55.5 Å². The summed E-state index contributed by atoms with van der Waals surface area (Å²) >= 11 is 3.38. The molecule has 1 aromatic rings. The highest BCUT2D eigenvalue weighted by atomic mass is 79.9. The largest absolute Gasteiger partial charge is 0.496 e. The van der Waals surface area contributed by atoms with E-state index >= 15 is 0 Å². The molecule has 1 atom stereocenters. The van der Waals surface area contributed by atoms with Gasteiger partial charge in [0.2, 0.25) is 0 Å². The fourth-order valence-electron chi connectivity index (χ4n) is 1.32. The second-order valence-electron chi connectivity index (χ2n) is 2.95. The average molecular weight is 260 g/mol. The highest BCUT2D eigenvalue weighted by Gasteiger charge is 2.15. The van der Waals surface area contributed by atoms with Gasteiger partial charge in [-0.25, -0.2) is 0 Å². The summed E-state index contributed by atoms with van der Waals surface area (Å²) in [5, 5.41) is 9.82. The number of benzene rings is 1. The number of halogens is 1. The Hall–Kier alpha value is -0.580. The second-order valence-corrected chi connectivity index (χ2v) is 3.80. The summed E-state index contributed by atoms with van der Waals surface area (Å²) in [6, 6.07) is 5.55. The van der Waals surface area contributed by atoms with Crippen molar-refractivity contribution in [1.29, 1.82) is 0 Å². The maximum atomic E-state index is 9.82. The van der Waals surface area contributed by atoms with Crippen molar-refractivity contribution in [1.82, 2.24) is 0 Å². The van der Waals surface area contributed by atoms with Crippen LogP contribution in [0.2, 0.25) is 0 Å². The van der Waals surface area contributed by atoms with Crippen LogP contribution in [0.1, 0.15) is 18.1 Å². The van der Waals surface area contributed by atoms with E-state index in [2.05, 4.69) is 15.9 Å². The molecule has 1 rings (SSSR count). The summed E-state index contributed by atoms with van der Waals surface area (Å²) in [5.41, 5.74) is 6.16. The fraction of sp³-hybridized carbons (Fsp3) is 0.400. The van der Waals surface area contributed by atoms with Crippen LogP contribution in [0.4, 0.5) is 0 Å². The van der Waals surface area contributed by atoms with Crippen LogP contribution in [0.25, 0.3) is 0 Å². The van der Waals surface area contributed by atoms with E-state index < -0.39 is 6.10 Å². The lowest BCUT2D eigenvalue weighted by Gasteiger charge is -2.15. The first-order valence-corrected chi connectivity index (χ1v) is 5.20. The summed E-state index contributed by atoms with van der Waals surface area (Å²) in [6.45, 7) is 0.450. The molecule has 4 heteroatoms. The molecule has 0 amide bonds. The molecular formula is C10H14BrNO2. The minimum absolute atomic E-state index is 0.450. The van der Waals surface area contributed by atoms with E-state index in [9.17, 15) is 5.11 Å². The first-order valence-electron chi connectivity index (χ1n) is 4.41. The quantitative estimate of drug-likeness (QED) is 0.868. The van der Waals surface area contributed by atoms with Gasteiger partial charge in [0.15, 0.2) is 0 Å². The molecule has 0 aliphatic rings. The molecule has 0 bridgehead atoms. The van der Waals surface area contributed by atoms with Crippen LogP contribution >= 0.6 is 15.9 Å². The summed E-state index contributed by atoms with van der Waals surface area (Å²) in [5.74, 6) is 0.681. The third-order valence-electron chi connectivity index (χ3n) is 2.01. The Bertz CT molecular complexity index is 304. The van der Waals surface area contributed by atoms with Crippen LogP contribution in [0.5, 0.6) is 5.75 Å². The van der Waals surface area contributed by atoms with Gasteiger partial charge >= 0.3 is 0 Å². The molecule has 0 aliphatic carbocycles. The zero-order valence-electron chi connectivity index (χ0n) is 8.03. The Morgan fingerprint density at radius 2 is 2.29 bits per heavy atom. The van der Waals surface area contributed by atoms with Crippen molar-refractivity contribution < 1.29 is 9.84 Å². The first-order chi connectivity index (χ1) is 6.70. The number of hydrogen-bond donors (Lipinski definition) is 2. The van der Waals surface area contributed by atoms with Gasteiger partial charge in [0, 0.05) is 10.0 Å². The van der Waals surface area contributed by atoms with Crippen molar-refractivity contribution in [2.75, 3.05) is 13.7 Å². The van der Waals surface area contributed by atoms with Crippen LogP contribution in [-0.2, 0) is 0 Å². The summed E-state index contributed by atoms with van der Waals surface area (Å²) in [7, 11) is 1.58. The number of rotatable bonds is 4. The van der Waals surface area contributed by atoms with Crippen LogP contribution in [-0.4, -0.2) is 18.8 Å². The van der Waals surface area contributed by atoms with Gasteiger partial charge in [0.25, 0.3) is 0 Å². The molecule has 78 valence electrons. The van der Waals surface area contributed by atoms with Gasteiger partial charge in [-0.1, -0.05) is 22.0 Å². The molecule has 0 saturated heterocycles. The second kappa shape index (κ2) is 5.34. The molecule has 0 saturated carbocycles. The standard InChI is InChI=1S/C10H14BrNO2/c1-14-9-4-2-3-7(11)10(9)8(13)5-6-12/h2-4,8,13H,5-6,12H2,1H3. The maximum Gasteiger partial charge on any atom is 0.125 e. The number of aliphatic hydroxyl groups is 1. The average Bonchev–Trinajstić information content (AvgIpc) is 2.17. The Morgan fingerprint density at radius 3 is 2.86 bits per heavy atom. The van der Waals surface area contributed by atoms with E-state index in [1.807, 2.05) is 18.2 Å². The highest BCUT2D eigenvalue weighted by Crippen LogP contribution is 2.33. The molecule has 3 N–H and O–H groups in total. The fourth-order valence-corrected chi connectivity index (χ4v) is 1.93. The molecule has 0 radical (unpaired) electrons. The van der Waals surface area contributed by atoms with Crippen LogP contribution in [0.15, 0.2) is 22.7 Å². The lowest BCUT2D eigenvalue weighted by molar-refractivity contribution is 0.165. The molecule has 1 unspecified atom stereocenters. The van der Waals surface area contributed by atoms with Gasteiger partial charge < -0.3 is 15.6 Å². The minimum atomic E-state index is -0.578. The Morgan fingerprint density at radius 1 is 1.57 bits per heavy atom. The van der Waals surface area contributed by atoms with Gasteiger partial charge in [-0.05, 0) is 25.1 Å². The third kappa shape index (κ3) is 2.47. The lowest BCUT2D eigenvalue weighted by atomic mass is 10.1. The molecule has 0 spiro atoms. The molecular weight excluding hydrogens is 246 g/mol.